The number of amides is 1. The molecule has 1 saturated carbocycles. The highest BCUT2D eigenvalue weighted by Gasteiger charge is 2.19. The lowest BCUT2D eigenvalue weighted by Crippen LogP contribution is -2.39. The van der Waals surface area contributed by atoms with Crippen LogP contribution in [0.4, 0.5) is 0 Å². The topological polar surface area (TPSA) is 29.1 Å². The third-order valence-electron chi connectivity index (χ3n) is 2.81. The molecule has 0 saturated heterocycles. The molecule has 15 heavy (non-hydrogen) atoms. The Morgan fingerprint density at radius 2 is 2.00 bits per heavy atom. The van der Waals surface area contributed by atoms with Gasteiger partial charge in [-0.1, -0.05) is 28.1 Å². The van der Waals surface area contributed by atoms with Crippen LogP contribution in [0.2, 0.25) is 0 Å². The smallest absolute Gasteiger partial charge is 0.251 e. The second-order valence-electron chi connectivity index (χ2n) is 3.93. The van der Waals surface area contributed by atoms with Crippen LogP contribution < -0.4 is 5.32 Å². The summed E-state index contributed by atoms with van der Waals surface area (Å²) in [4.78, 5) is 11.7. The molecule has 0 aromatic heterocycles. The van der Waals surface area contributed by atoms with Gasteiger partial charge in [-0.05, 0) is 37.0 Å². The lowest BCUT2D eigenvalue weighted by Gasteiger charge is -2.26. The molecule has 3 heteroatoms. The number of carbonyl (C=O) groups excluding carboxylic acids is 1. The van der Waals surface area contributed by atoms with Crippen molar-refractivity contribution < 1.29 is 4.79 Å². The fraction of sp³-hybridized carbons (Fsp3) is 0.417. The molecule has 2 nitrogen and oxygen atoms in total. The van der Waals surface area contributed by atoms with Crippen molar-refractivity contribution in [2.45, 2.75) is 30.6 Å². The van der Waals surface area contributed by atoms with Crippen molar-refractivity contribution >= 4 is 21.8 Å². The largest absolute Gasteiger partial charge is 0.349 e. The summed E-state index contributed by atoms with van der Waals surface area (Å²) in [5.41, 5.74) is 1.95. The average Bonchev–Trinajstić information content (AvgIpc) is 2.23. The van der Waals surface area contributed by atoms with Crippen molar-refractivity contribution in [3.8, 4) is 0 Å². The second kappa shape index (κ2) is 4.79. The number of nitrogens with one attached hydrogen (secondary N) is 1. The lowest BCUT2D eigenvalue weighted by atomic mass is 9.93. The molecule has 0 atom stereocenters. The molecule has 0 radical (unpaired) electrons. The Morgan fingerprint density at radius 1 is 1.33 bits per heavy atom. The minimum atomic E-state index is 0.0563. The van der Waals surface area contributed by atoms with E-state index in [0.717, 1.165) is 23.7 Å². The van der Waals surface area contributed by atoms with Gasteiger partial charge in [0, 0.05) is 16.9 Å². The first-order valence-electron chi connectivity index (χ1n) is 5.25. The Morgan fingerprint density at radius 3 is 2.47 bits per heavy atom. The summed E-state index contributed by atoms with van der Waals surface area (Å²) in [6.07, 6.45) is 3.50. The Bertz CT molecular complexity index is 343. The van der Waals surface area contributed by atoms with E-state index < -0.39 is 0 Å². The third kappa shape index (κ3) is 2.59. The van der Waals surface area contributed by atoms with Crippen LogP contribution in [-0.4, -0.2) is 11.9 Å². The first-order valence-corrected chi connectivity index (χ1v) is 6.37. The van der Waals surface area contributed by atoms with Gasteiger partial charge in [0.1, 0.15) is 0 Å². The molecule has 80 valence electrons. The Labute approximate surface area is 98.2 Å². The Kier molecular flexibility index (Phi) is 3.41. The van der Waals surface area contributed by atoms with Crippen LogP contribution in [0.25, 0.3) is 0 Å². The number of halogens is 1. The van der Waals surface area contributed by atoms with Gasteiger partial charge in [-0.15, -0.1) is 0 Å². The zero-order valence-corrected chi connectivity index (χ0v) is 10.1. The van der Waals surface area contributed by atoms with Gasteiger partial charge in [0.05, 0.1) is 0 Å². The van der Waals surface area contributed by atoms with E-state index in [2.05, 4.69) is 21.2 Å². The molecule has 2 rings (SSSR count). The van der Waals surface area contributed by atoms with Gasteiger partial charge in [0.15, 0.2) is 0 Å². The lowest BCUT2D eigenvalue weighted by molar-refractivity contribution is 0.0917. The molecule has 1 aromatic rings. The van der Waals surface area contributed by atoms with E-state index in [4.69, 9.17) is 0 Å². The van der Waals surface area contributed by atoms with Crippen molar-refractivity contribution in [3.05, 3.63) is 35.4 Å². The van der Waals surface area contributed by atoms with Gasteiger partial charge in [-0.25, -0.2) is 0 Å². The fourth-order valence-electron chi connectivity index (χ4n) is 1.57. The molecule has 0 bridgehead atoms. The van der Waals surface area contributed by atoms with Crippen molar-refractivity contribution in [2.75, 3.05) is 0 Å². The van der Waals surface area contributed by atoms with Crippen LogP contribution in [0.15, 0.2) is 24.3 Å². The van der Waals surface area contributed by atoms with E-state index >= 15 is 0 Å². The van der Waals surface area contributed by atoms with Gasteiger partial charge >= 0.3 is 0 Å². The van der Waals surface area contributed by atoms with Crippen LogP contribution in [0.1, 0.15) is 35.2 Å². The molecule has 1 aliphatic rings. The number of rotatable bonds is 3. The molecule has 1 aliphatic carbocycles. The highest BCUT2D eigenvalue weighted by molar-refractivity contribution is 9.08. The maximum absolute atomic E-state index is 11.7. The number of hydrogen-bond donors (Lipinski definition) is 1. The van der Waals surface area contributed by atoms with E-state index in [0.29, 0.717) is 6.04 Å². The fourth-order valence-corrected chi connectivity index (χ4v) is 1.94. The maximum atomic E-state index is 11.7. The van der Waals surface area contributed by atoms with Crippen LogP contribution in [0.3, 0.4) is 0 Å². The summed E-state index contributed by atoms with van der Waals surface area (Å²) < 4.78 is 0. The molecule has 1 N–H and O–H groups in total. The van der Waals surface area contributed by atoms with Crippen LogP contribution in [-0.2, 0) is 5.33 Å². The van der Waals surface area contributed by atoms with E-state index in [1.165, 1.54) is 12.0 Å². The van der Waals surface area contributed by atoms with Crippen molar-refractivity contribution in [2.24, 2.45) is 0 Å². The Balaban J connectivity index is 1.98. The Hall–Kier alpha value is -0.830. The first kappa shape index (κ1) is 10.7. The van der Waals surface area contributed by atoms with E-state index in [1.54, 1.807) is 0 Å². The minimum absolute atomic E-state index is 0.0563. The molecule has 1 aromatic carbocycles. The summed E-state index contributed by atoms with van der Waals surface area (Å²) in [6.45, 7) is 0. The van der Waals surface area contributed by atoms with Crippen molar-refractivity contribution in [3.63, 3.8) is 0 Å². The summed E-state index contributed by atoms with van der Waals surface area (Å²) >= 11 is 3.38. The third-order valence-corrected chi connectivity index (χ3v) is 3.46. The van der Waals surface area contributed by atoms with Gasteiger partial charge < -0.3 is 5.32 Å². The summed E-state index contributed by atoms with van der Waals surface area (Å²) in [5.74, 6) is 0.0563. The monoisotopic (exact) mass is 267 g/mol. The maximum Gasteiger partial charge on any atom is 0.251 e. The van der Waals surface area contributed by atoms with Gasteiger partial charge in [0.25, 0.3) is 5.91 Å². The van der Waals surface area contributed by atoms with Crippen LogP contribution >= 0.6 is 15.9 Å². The molecule has 0 spiro atoms. The van der Waals surface area contributed by atoms with Crippen molar-refractivity contribution in [1.82, 2.24) is 5.32 Å². The van der Waals surface area contributed by atoms with Gasteiger partial charge in [0.2, 0.25) is 0 Å². The van der Waals surface area contributed by atoms with Crippen LogP contribution in [0, 0.1) is 0 Å². The SMILES string of the molecule is O=C(NC1CCC1)c1ccc(CBr)cc1. The standard InChI is InChI=1S/C12H14BrNO/c13-8-9-4-6-10(7-5-9)12(15)14-11-2-1-3-11/h4-7,11H,1-3,8H2,(H,14,15). The second-order valence-corrected chi connectivity index (χ2v) is 4.49. The van der Waals surface area contributed by atoms with Gasteiger partial charge in [-0.3, -0.25) is 4.79 Å². The highest BCUT2D eigenvalue weighted by atomic mass is 79.9. The zero-order valence-electron chi connectivity index (χ0n) is 8.50. The molecular weight excluding hydrogens is 254 g/mol. The number of benzene rings is 1. The summed E-state index contributed by atoms with van der Waals surface area (Å²) in [7, 11) is 0. The molecule has 0 aliphatic heterocycles. The van der Waals surface area contributed by atoms with E-state index in [1.807, 2.05) is 24.3 Å². The van der Waals surface area contributed by atoms with Gasteiger partial charge in [-0.2, -0.15) is 0 Å². The predicted molar refractivity (Wildman–Crippen MR) is 64.2 cm³/mol. The number of carbonyl (C=O) groups is 1. The van der Waals surface area contributed by atoms with Crippen molar-refractivity contribution in [1.29, 1.82) is 0 Å². The number of alkyl halides is 1. The molecule has 1 amide bonds. The molecule has 1 fully saturated rings. The quantitative estimate of drug-likeness (QED) is 0.839. The normalized spacial score (nSPS) is 15.8. The average molecular weight is 268 g/mol. The van der Waals surface area contributed by atoms with Crippen LogP contribution in [0.5, 0.6) is 0 Å². The predicted octanol–water partition coefficient (Wildman–Crippen LogP) is 2.86. The zero-order chi connectivity index (χ0) is 10.7. The first-order chi connectivity index (χ1) is 7.29. The summed E-state index contributed by atoms with van der Waals surface area (Å²) in [5, 5.41) is 3.85. The molecular formula is C12H14BrNO. The highest BCUT2D eigenvalue weighted by Crippen LogP contribution is 2.18. The minimum Gasteiger partial charge on any atom is -0.349 e. The van der Waals surface area contributed by atoms with E-state index in [9.17, 15) is 4.79 Å². The summed E-state index contributed by atoms with van der Waals surface area (Å²) in [6, 6.07) is 8.12. The van der Waals surface area contributed by atoms with E-state index in [-0.39, 0.29) is 5.91 Å². The molecule has 0 heterocycles. The molecule has 0 unspecified atom stereocenters. The number of hydrogen-bond acceptors (Lipinski definition) is 1.